The maximum absolute atomic E-state index is 12.4. The largest absolute Gasteiger partial charge is 0.369 e. The summed E-state index contributed by atoms with van der Waals surface area (Å²) in [5.41, 5.74) is 6.13. The molecule has 4 N–H and O–H groups in total. The number of primary amides is 1. The fourth-order valence-electron chi connectivity index (χ4n) is 3.85. The number of nitrogens with two attached hydrogens (primary N) is 1. The first-order valence-electron chi connectivity index (χ1n) is 10.1. The molecule has 1 aliphatic carbocycles. The Bertz CT molecular complexity index is 693. The first-order chi connectivity index (χ1) is 13.5. The first-order valence-corrected chi connectivity index (χ1v) is 11.0. The Balaban J connectivity index is 1.39. The molecule has 0 unspecified atom stereocenters. The molecule has 9 heteroatoms. The molecule has 1 aromatic heterocycles. The molecule has 0 bridgehead atoms. The maximum atomic E-state index is 12.4. The minimum absolute atomic E-state index is 0.0699. The van der Waals surface area contributed by atoms with Crippen LogP contribution in [-0.2, 0) is 16.0 Å². The van der Waals surface area contributed by atoms with Crippen molar-refractivity contribution < 1.29 is 14.4 Å². The van der Waals surface area contributed by atoms with Gasteiger partial charge < -0.3 is 16.0 Å². The van der Waals surface area contributed by atoms with Gasteiger partial charge in [-0.3, -0.25) is 14.9 Å². The zero-order valence-electron chi connectivity index (χ0n) is 16.1. The Morgan fingerprint density at radius 2 is 1.86 bits per heavy atom. The van der Waals surface area contributed by atoms with Gasteiger partial charge >= 0.3 is 6.03 Å². The highest BCUT2D eigenvalue weighted by Gasteiger charge is 2.25. The number of anilines is 1. The van der Waals surface area contributed by atoms with Crippen LogP contribution in [0.5, 0.6) is 0 Å². The third-order valence-corrected chi connectivity index (χ3v) is 6.36. The van der Waals surface area contributed by atoms with Crippen molar-refractivity contribution in [3.63, 3.8) is 0 Å². The molecule has 1 aromatic rings. The number of likely N-dealkylation sites (tertiary alicyclic amines) is 1. The summed E-state index contributed by atoms with van der Waals surface area (Å²) in [4.78, 5) is 41.9. The molecule has 0 aromatic carbocycles. The smallest absolute Gasteiger partial charge is 0.321 e. The van der Waals surface area contributed by atoms with Gasteiger partial charge in [-0.2, -0.15) is 0 Å². The van der Waals surface area contributed by atoms with Crippen LogP contribution in [0.1, 0.15) is 57.1 Å². The number of carbonyl (C=O) groups excluding carboxylic acids is 3. The number of hydrogen-bond acceptors (Lipinski definition) is 5. The molecule has 8 nitrogen and oxygen atoms in total. The van der Waals surface area contributed by atoms with Gasteiger partial charge in [-0.1, -0.05) is 19.3 Å². The quantitative estimate of drug-likeness (QED) is 0.670. The van der Waals surface area contributed by atoms with Crippen LogP contribution in [0.4, 0.5) is 9.93 Å². The minimum Gasteiger partial charge on any atom is -0.369 e. The van der Waals surface area contributed by atoms with Gasteiger partial charge in [-0.25, -0.2) is 9.78 Å². The summed E-state index contributed by atoms with van der Waals surface area (Å²) in [6, 6.07) is 0.0470. The van der Waals surface area contributed by atoms with Crippen molar-refractivity contribution in [2.75, 3.05) is 18.4 Å². The second-order valence-electron chi connectivity index (χ2n) is 7.63. The number of nitrogens with zero attached hydrogens (tertiary/aromatic N) is 2. The molecule has 4 amide bonds. The van der Waals surface area contributed by atoms with Crippen LogP contribution in [0.2, 0.25) is 0 Å². The number of aryl methyl sites for hydroxylation is 1. The first kappa shape index (κ1) is 20.6. The Morgan fingerprint density at radius 1 is 1.14 bits per heavy atom. The molecule has 0 atom stereocenters. The second kappa shape index (κ2) is 9.86. The number of nitrogens with one attached hydrogen (secondary N) is 2. The Morgan fingerprint density at radius 3 is 2.54 bits per heavy atom. The van der Waals surface area contributed by atoms with Gasteiger partial charge in [-0.05, 0) is 32.1 Å². The molecule has 28 heavy (non-hydrogen) atoms. The van der Waals surface area contributed by atoms with Crippen molar-refractivity contribution in [1.29, 1.82) is 0 Å². The van der Waals surface area contributed by atoms with E-state index in [2.05, 4.69) is 15.6 Å². The molecule has 2 aliphatic rings. The van der Waals surface area contributed by atoms with Crippen LogP contribution in [0.15, 0.2) is 5.38 Å². The number of aromatic nitrogens is 1. The van der Waals surface area contributed by atoms with Gasteiger partial charge in [0.05, 0.1) is 5.69 Å². The van der Waals surface area contributed by atoms with Crippen molar-refractivity contribution in [2.45, 2.75) is 63.8 Å². The van der Waals surface area contributed by atoms with E-state index >= 15 is 0 Å². The molecule has 1 aliphatic heterocycles. The van der Waals surface area contributed by atoms with Crippen LogP contribution in [0.3, 0.4) is 0 Å². The SMILES string of the molecule is NC(=O)C1CCN(C(=O)CCc2csc(NC(=O)NC3CCCCC3)n2)CC1. The van der Waals surface area contributed by atoms with Gasteiger partial charge in [0, 0.05) is 36.9 Å². The molecule has 1 saturated carbocycles. The highest BCUT2D eigenvalue weighted by molar-refractivity contribution is 7.13. The highest BCUT2D eigenvalue weighted by atomic mass is 32.1. The van der Waals surface area contributed by atoms with Crippen molar-refractivity contribution in [2.24, 2.45) is 11.7 Å². The predicted octanol–water partition coefficient (Wildman–Crippen LogP) is 2.25. The van der Waals surface area contributed by atoms with Crippen LogP contribution in [-0.4, -0.2) is 46.9 Å². The van der Waals surface area contributed by atoms with Crippen LogP contribution >= 0.6 is 11.3 Å². The van der Waals surface area contributed by atoms with Crippen molar-refractivity contribution in [3.8, 4) is 0 Å². The lowest BCUT2D eigenvalue weighted by Gasteiger charge is -2.30. The third kappa shape index (κ3) is 5.92. The lowest BCUT2D eigenvalue weighted by molar-refractivity contribution is -0.134. The summed E-state index contributed by atoms with van der Waals surface area (Å²) in [5.74, 6) is -0.321. The zero-order valence-corrected chi connectivity index (χ0v) is 16.9. The van der Waals surface area contributed by atoms with E-state index in [1.54, 1.807) is 4.90 Å². The van der Waals surface area contributed by atoms with Gasteiger partial charge in [0.25, 0.3) is 0 Å². The van der Waals surface area contributed by atoms with Gasteiger partial charge in [0.1, 0.15) is 0 Å². The molecule has 2 fully saturated rings. The van der Waals surface area contributed by atoms with E-state index in [1.807, 2.05) is 5.38 Å². The number of carbonyl (C=O) groups is 3. The number of urea groups is 1. The molecule has 0 radical (unpaired) electrons. The predicted molar refractivity (Wildman–Crippen MR) is 108 cm³/mol. The number of rotatable bonds is 6. The van der Waals surface area contributed by atoms with Crippen LogP contribution < -0.4 is 16.4 Å². The van der Waals surface area contributed by atoms with Crippen molar-refractivity contribution in [1.82, 2.24) is 15.2 Å². The van der Waals surface area contributed by atoms with Crippen molar-refractivity contribution >= 4 is 34.3 Å². The monoisotopic (exact) mass is 407 g/mol. The van der Waals surface area contributed by atoms with Gasteiger partial charge in [0.2, 0.25) is 11.8 Å². The Hall–Kier alpha value is -2.16. The number of thiazole rings is 1. The molecule has 0 spiro atoms. The van der Waals surface area contributed by atoms with E-state index in [-0.39, 0.29) is 29.8 Å². The van der Waals surface area contributed by atoms with Gasteiger partial charge in [0.15, 0.2) is 5.13 Å². The number of piperidine rings is 1. The topological polar surface area (TPSA) is 117 Å². The fourth-order valence-corrected chi connectivity index (χ4v) is 4.59. The Kier molecular flexibility index (Phi) is 7.24. The van der Waals surface area contributed by atoms with E-state index in [0.717, 1.165) is 18.5 Å². The second-order valence-corrected chi connectivity index (χ2v) is 8.49. The maximum Gasteiger partial charge on any atom is 0.321 e. The standard InChI is InChI=1S/C19H29N5O3S/c20-17(26)13-8-10-24(11-9-13)16(25)7-6-15-12-28-19(22-15)23-18(27)21-14-4-2-1-3-5-14/h12-14H,1-11H2,(H2,20,26)(H2,21,22,23,27). The average Bonchev–Trinajstić information content (AvgIpc) is 3.14. The van der Waals surface area contributed by atoms with Crippen LogP contribution in [0, 0.1) is 5.92 Å². The normalized spacial score (nSPS) is 18.6. The molecular formula is C19H29N5O3S. The summed E-state index contributed by atoms with van der Waals surface area (Å²) in [5, 5.41) is 8.23. The summed E-state index contributed by atoms with van der Waals surface area (Å²) in [6.45, 7) is 1.16. The van der Waals surface area contributed by atoms with Crippen molar-refractivity contribution in [3.05, 3.63) is 11.1 Å². The highest BCUT2D eigenvalue weighted by Crippen LogP contribution is 2.20. The number of amides is 4. The van der Waals surface area contributed by atoms with Gasteiger partial charge in [-0.15, -0.1) is 11.3 Å². The lowest BCUT2D eigenvalue weighted by atomic mass is 9.96. The summed E-state index contributed by atoms with van der Waals surface area (Å²) < 4.78 is 0. The third-order valence-electron chi connectivity index (χ3n) is 5.56. The van der Waals surface area contributed by atoms with E-state index in [4.69, 9.17) is 5.73 Å². The summed E-state index contributed by atoms with van der Waals surface area (Å²) in [6.07, 6.45) is 7.85. The Labute approximate surface area is 169 Å². The van der Waals surface area contributed by atoms with E-state index in [9.17, 15) is 14.4 Å². The minimum atomic E-state index is -0.276. The van der Waals surface area contributed by atoms with E-state index in [0.29, 0.717) is 43.9 Å². The molecule has 1 saturated heterocycles. The molecule has 154 valence electrons. The van der Waals surface area contributed by atoms with Crippen LogP contribution in [0.25, 0.3) is 0 Å². The van der Waals surface area contributed by atoms with E-state index < -0.39 is 0 Å². The average molecular weight is 408 g/mol. The zero-order chi connectivity index (χ0) is 19.9. The summed E-state index contributed by atoms with van der Waals surface area (Å²) in [7, 11) is 0. The van der Waals surface area contributed by atoms with E-state index in [1.165, 1.54) is 30.6 Å². The molecule has 3 rings (SSSR count). The molecule has 2 heterocycles. The fraction of sp³-hybridized carbons (Fsp3) is 0.684. The molecular weight excluding hydrogens is 378 g/mol. The number of hydrogen-bond donors (Lipinski definition) is 3. The summed E-state index contributed by atoms with van der Waals surface area (Å²) >= 11 is 1.37. The lowest BCUT2D eigenvalue weighted by Crippen LogP contribution is -2.41.